The third-order valence-electron chi connectivity index (χ3n) is 5.46. The Morgan fingerprint density at radius 3 is 2.61 bits per heavy atom. The van der Waals surface area contributed by atoms with Gasteiger partial charge >= 0.3 is 5.97 Å². The summed E-state index contributed by atoms with van der Waals surface area (Å²) in [5, 5.41) is 15.9. The van der Waals surface area contributed by atoms with Crippen molar-refractivity contribution in [1.29, 1.82) is 0 Å². The Morgan fingerprint density at radius 1 is 1.12 bits per heavy atom. The maximum Gasteiger partial charge on any atom is 0.335 e. The highest BCUT2D eigenvalue weighted by atomic mass is 16.4. The normalized spacial score (nSPS) is 15.6. The van der Waals surface area contributed by atoms with E-state index >= 15 is 0 Å². The molecule has 3 aromatic rings. The Kier molecular flexibility index (Phi) is 6.30. The number of anilines is 2. The number of rotatable bonds is 6. The van der Waals surface area contributed by atoms with Gasteiger partial charge in [0.25, 0.3) is 5.91 Å². The number of aromatic nitrogens is 2. The number of fused-ring (bicyclic) bond motifs is 1. The van der Waals surface area contributed by atoms with Crippen molar-refractivity contribution in [1.82, 2.24) is 14.9 Å². The van der Waals surface area contributed by atoms with Crippen LogP contribution in [0.3, 0.4) is 0 Å². The molecule has 1 atom stereocenters. The Balaban J connectivity index is 1.43. The fourth-order valence-corrected chi connectivity index (χ4v) is 3.76. The summed E-state index contributed by atoms with van der Waals surface area (Å²) in [5.74, 6) is -1.02. The summed E-state index contributed by atoms with van der Waals surface area (Å²) >= 11 is 0. The van der Waals surface area contributed by atoms with Crippen molar-refractivity contribution < 1.29 is 19.5 Å². The molecule has 9 nitrogen and oxygen atoms in total. The van der Waals surface area contributed by atoms with Crippen LogP contribution in [0.2, 0.25) is 0 Å². The molecular formula is C24H23N5O4. The van der Waals surface area contributed by atoms with Gasteiger partial charge in [0.05, 0.1) is 11.1 Å². The molecule has 1 unspecified atom stereocenters. The van der Waals surface area contributed by atoms with E-state index in [1.54, 1.807) is 41.4 Å². The number of likely N-dealkylation sites (tertiary alicyclic amines) is 1. The number of piperidine rings is 1. The third-order valence-corrected chi connectivity index (χ3v) is 5.46. The van der Waals surface area contributed by atoms with E-state index in [0.717, 1.165) is 18.2 Å². The molecule has 0 bridgehead atoms. The maximum absolute atomic E-state index is 13.0. The Hall–Kier alpha value is -4.27. The molecule has 0 aliphatic carbocycles. The number of hydrogen-bond acceptors (Lipinski definition) is 6. The second kappa shape index (κ2) is 9.47. The van der Waals surface area contributed by atoms with Gasteiger partial charge in [-0.05, 0) is 55.3 Å². The van der Waals surface area contributed by atoms with Crippen LogP contribution in [0, 0.1) is 0 Å². The first kappa shape index (κ1) is 21.9. The van der Waals surface area contributed by atoms with Gasteiger partial charge in [0.15, 0.2) is 0 Å². The van der Waals surface area contributed by atoms with Crippen LogP contribution in [0.1, 0.15) is 33.6 Å². The highest BCUT2D eigenvalue weighted by Gasteiger charge is 2.25. The number of benzene rings is 2. The van der Waals surface area contributed by atoms with Crippen molar-refractivity contribution in [3.63, 3.8) is 0 Å². The standard InChI is InChI=1S/C24H23N5O4/c1-2-21(30)26-18-9-7-15(8-10-18)22(31)29-11-3-4-19(14-29)27-24-25-13-17-6-5-16(23(32)33)12-20(17)28-24/h2,5-10,12-13,19H,1,3-4,11,14H2,(H,26,30)(H,32,33)(H,25,27,28). The smallest absolute Gasteiger partial charge is 0.335 e. The number of nitrogens with one attached hydrogen (secondary N) is 2. The van der Waals surface area contributed by atoms with Crippen LogP contribution in [0.25, 0.3) is 10.9 Å². The molecule has 2 amide bonds. The van der Waals surface area contributed by atoms with Gasteiger partial charge in [0, 0.05) is 42.0 Å². The summed E-state index contributed by atoms with van der Waals surface area (Å²) in [4.78, 5) is 46.2. The molecular weight excluding hydrogens is 422 g/mol. The number of carbonyl (C=O) groups is 3. The second-order valence-electron chi connectivity index (χ2n) is 7.78. The molecule has 1 aliphatic rings. The lowest BCUT2D eigenvalue weighted by molar-refractivity contribution is -0.111. The first-order valence-electron chi connectivity index (χ1n) is 10.5. The fourth-order valence-electron chi connectivity index (χ4n) is 3.76. The largest absolute Gasteiger partial charge is 0.478 e. The molecule has 1 aromatic heterocycles. The molecule has 1 saturated heterocycles. The van der Waals surface area contributed by atoms with Crippen molar-refractivity contribution in [2.24, 2.45) is 0 Å². The quantitative estimate of drug-likeness (QED) is 0.498. The van der Waals surface area contributed by atoms with Gasteiger partial charge in [-0.2, -0.15) is 0 Å². The molecule has 1 aliphatic heterocycles. The van der Waals surface area contributed by atoms with Gasteiger partial charge in [-0.3, -0.25) is 9.59 Å². The molecule has 168 valence electrons. The minimum atomic E-state index is -1.01. The van der Waals surface area contributed by atoms with Crippen LogP contribution in [0.5, 0.6) is 0 Å². The van der Waals surface area contributed by atoms with Crippen molar-refractivity contribution >= 4 is 40.3 Å². The number of aromatic carboxylic acids is 1. The topological polar surface area (TPSA) is 125 Å². The van der Waals surface area contributed by atoms with Crippen molar-refractivity contribution in [2.75, 3.05) is 23.7 Å². The van der Waals surface area contributed by atoms with Crippen LogP contribution in [-0.4, -0.2) is 56.9 Å². The van der Waals surface area contributed by atoms with Gasteiger partial charge in [-0.1, -0.05) is 12.6 Å². The van der Waals surface area contributed by atoms with Gasteiger partial charge < -0.3 is 20.6 Å². The van der Waals surface area contributed by atoms with E-state index in [1.807, 2.05) is 0 Å². The molecule has 33 heavy (non-hydrogen) atoms. The number of carbonyl (C=O) groups excluding carboxylic acids is 2. The Labute approximate surface area is 190 Å². The summed E-state index contributed by atoms with van der Waals surface area (Å²) in [6, 6.07) is 11.4. The van der Waals surface area contributed by atoms with Crippen molar-refractivity contribution in [3.05, 3.63) is 72.4 Å². The van der Waals surface area contributed by atoms with E-state index in [0.29, 0.717) is 35.8 Å². The summed E-state index contributed by atoms with van der Waals surface area (Å²) in [5.41, 5.74) is 1.83. The van der Waals surface area contributed by atoms with E-state index in [4.69, 9.17) is 0 Å². The molecule has 2 heterocycles. The van der Waals surface area contributed by atoms with Crippen LogP contribution < -0.4 is 10.6 Å². The van der Waals surface area contributed by atoms with Crippen LogP contribution in [0.15, 0.2) is 61.3 Å². The first-order chi connectivity index (χ1) is 15.9. The summed E-state index contributed by atoms with van der Waals surface area (Å²) in [7, 11) is 0. The lowest BCUT2D eigenvalue weighted by Gasteiger charge is -2.33. The van der Waals surface area contributed by atoms with Crippen LogP contribution in [0.4, 0.5) is 11.6 Å². The highest BCUT2D eigenvalue weighted by molar-refractivity contribution is 6.00. The van der Waals surface area contributed by atoms with E-state index < -0.39 is 5.97 Å². The zero-order valence-corrected chi connectivity index (χ0v) is 17.8. The number of nitrogens with zero attached hydrogens (tertiary/aromatic N) is 3. The number of carboxylic acid groups (broad SMARTS) is 1. The molecule has 0 spiro atoms. The molecule has 2 aromatic carbocycles. The number of hydrogen-bond donors (Lipinski definition) is 3. The molecule has 3 N–H and O–H groups in total. The lowest BCUT2D eigenvalue weighted by atomic mass is 10.0. The number of carboxylic acids is 1. The second-order valence-corrected chi connectivity index (χ2v) is 7.78. The zero-order valence-electron chi connectivity index (χ0n) is 17.8. The minimum Gasteiger partial charge on any atom is -0.478 e. The van der Waals surface area contributed by atoms with E-state index in [2.05, 4.69) is 27.2 Å². The third kappa shape index (κ3) is 5.15. The van der Waals surface area contributed by atoms with Gasteiger partial charge in [0.2, 0.25) is 11.9 Å². The summed E-state index contributed by atoms with van der Waals surface area (Å²) in [6.45, 7) is 4.55. The fraction of sp³-hybridized carbons (Fsp3) is 0.208. The zero-order chi connectivity index (χ0) is 23.4. The SMILES string of the molecule is C=CC(=O)Nc1ccc(C(=O)N2CCCC(Nc3ncc4ccc(C(=O)O)cc4n3)C2)cc1. The maximum atomic E-state index is 13.0. The highest BCUT2D eigenvalue weighted by Crippen LogP contribution is 2.20. The average molecular weight is 445 g/mol. The van der Waals surface area contributed by atoms with Crippen molar-refractivity contribution in [3.8, 4) is 0 Å². The molecule has 0 saturated carbocycles. The predicted molar refractivity (Wildman–Crippen MR) is 124 cm³/mol. The minimum absolute atomic E-state index is 0.0334. The average Bonchev–Trinajstić information content (AvgIpc) is 2.83. The molecule has 4 rings (SSSR count). The monoisotopic (exact) mass is 445 g/mol. The van der Waals surface area contributed by atoms with Crippen LogP contribution in [-0.2, 0) is 4.79 Å². The molecule has 9 heteroatoms. The lowest BCUT2D eigenvalue weighted by Crippen LogP contribution is -2.45. The first-order valence-corrected chi connectivity index (χ1v) is 10.5. The molecule has 1 fully saturated rings. The Bertz CT molecular complexity index is 1230. The van der Waals surface area contributed by atoms with E-state index in [1.165, 1.54) is 18.2 Å². The van der Waals surface area contributed by atoms with Gasteiger partial charge in [0.1, 0.15) is 0 Å². The van der Waals surface area contributed by atoms with E-state index in [9.17, 15) is 19.5 Å². The summed E-state index contributed by atoms with van der Waals surface area (Å²) < 4.78 is 0. The number of amides is 2. The Morgan fingerprint density at radius 2 is 1.88 bits per heavy atom. The van der Waals surface area contributed by atoms with E-state index in [-0.39, 0.29) is 23.4 Å². The van der Waals surface area contributed by atoms with Gasteiger partial charge in [-0.25, -0.2) is 14.8 Å². The molecule has 0 radical (unpaired) electrons. The summed E-state index contributed by atoms with van der Waals surface area (Å²) in [6.07, 6.45) is 4.51. The van der Waals surface area contributed by atoms with Crippen LogP contribution >= 0.6 is 0 Å². The predicted octanol–water partition coefficient (Wildman–Crippen LogP) is 3.17. The van der Waals surface area contributed by atoms with Gasteiger partial charge in [-0.15, -0.1) is 0 Å². The van der Waals surface area contributed by atoms with Crippen molar-refractivity contribution in [2.45, 2.75) is 18.9 Å².